The molecule has 0 radical (unpaired) electrons. The Hall–Kier alpha value is -6.63. The molecule has 0 aliphatic heterocycles. The minimum absolute atomic E-state index is 0.231. The van der Waals surface area contributed by atoms with Crippen molar-refractivity contribution in [1.29, 1.82) is 0 Å². The highest BCUT2D eigenvalue weighted by Gasteiger charge is 2.15. The molecule has 0 fully saturated rings. The van der Waals surface area contributed by atoms with Crippen LogP contribution in [0.5, 0.6) is 23.1 Å². The SMILES string of the molecule is COc1ccc(-n2nc(C)cc2NC(=O)Nc2ccc(Oc3ccnc(Nc4cc(OC)cc(C(N)=O)c4)n3)c3ccccc23)cc1. The van der Waals surface area contributed by atoms with Crippen LogP contribution in [-0.2, 0) is 0 Å². The third kappa shape index (κ3) is 6.88. The van der Waals surface area contributed by atoms with Crippen LogP contribution in [-0.4, -0.2) is 45.9 Å². The van der Waals surface area contributed by atoms with E-state index in [9.17, 15) is 9.59 Å². The van der Waals surface area contributed by atoms with Crippen molar-refractivity contribution in [2.45, 2.75) is 6.92 Å². The summed E-state index contributed by atoms with van der Waals surface area (Å²) in [5.74, 6) is 2.09. The lowest BCUT2D eigenvalue weighted by atomic mass is 10.1. The smallest absolute Gasteiger partial charge is 0.324 e. The van der Waals surface area contributed by atoms with Gasteiger partial charge in [-0.05, 0) is 55.5 Å². The van der Waals surface area contributed by atoms with E-state index in [4.69, 9.17) is 19.9 Å². The Labute approximate surface area is 269 Å². The molecule has 0 saturated carbocycles. The number of nitrogens with zero attached hydrogens (tertiary/aromatic N) is 4. The molecular formula is C34H30N8O5. The fourth-order valence-corrected chi connectivity index (χ4v) is 4.88. The molecule has 0 bridgehead atoms. The summed E-state index contributed by atoms with van der Waals surface area (Å²) < 4.78 is 18.3. The van der Waals surface area contributed by atoms with Crippen molar-refractivity contribution in [3.8, 4) is 28.8 Å². The second-order valence-corrected chi connectivity index (χ2v) is 10.3. The predicted molar refractivity (Wildman–Crippen MR) is 178 cm³/mol. The van der Waals surface area contributed by atoms with Crippen molar-refractivity contribution in [2.24, 2.45) is 5.73 Å². The quantitative estimate of drug-likeness (QED) is 0.133. The number of methoxy groups -OCH3 is 2. The van der Waals surface area contributed by atoms with Crippen LogP contribution in [0.25, 0.3) is 16.5 Å². The minimum atomic E-state index is -0.595. The van der Waals surface area contributed by atoms with Gasteiger partial charge in [0.2, 0.25) is 17.7 Å². The molecule has 5 N–H and O–H groups in total. The highest BCUT2D eigenvalue weighted by molar-refractivity contribution is 6.07. The fraction of sp³-hybridized carbons (Fsp3) is 0.0882. The molecule has 0 aliphatic rings. The van der Waals surface area contributed by atoms with E-state index in [0.717, 1.165) is 27.9 Å². The lowest BCUT2D eigenvalue weighted by molar-refractivity contribution is 0.1000. The number of aryl methyl sites for hydroxylation is 1. The zero-order valence-electron chi connectivity index (χ0n) is 25.6. The van der Waals surface area contributed by atoms with Crippen molar-refractivity contribution in [3.05, 3.63) is 108 Å². The molecule has 6 aromatic rings. The number of carbonyl (C=O) groups excluding carboxylic acids is 2. The van der Waals surface area contributed by atoms with Crippen LogP contribution in [0.1, 0.15) is 16.1 Å². The number of nitrogens with two attached hydrogens (primary N) is 1. The fourth-order valence-electron chi connectivity index (χ4n) is 4.88. The lowest BCUT2D eigenvalue weighted by Crippen LogP contribution is -2.21. The Morgan fingerprint density at radius 2 is 1.60 bits per heavy atom. The monoisotopic (exact) mass is 630 g/mol. The van der Waals surface area contributed by atoms with E-state index in [1.54, 1.807) is 60.5 Å². The highest BCUT2D eigenvalue weighted by atomic mass is 16.5. The standard InChI is InChI=1S/C34H30N8O5/c1-20-16-30(42(41-20)23-8-10-24(45-2)11-9-23)39-34(44)38-28-12-13-29(27-7-5-4-6-26(27)28)47-31-14-15-36-33(40-31)37-22-17-21(32(35)43)18-25(19-22)46-3/h4-19H,1-3H3,(H2,35,43)(H,36,37,40)(H2,38,39,44). The van der Waals surface area contributed by atoms with Crippen molar-refractivity contribution >= 4 is 45.9 Å². The van der Waals surface area contributed by atoms with Gasteiger partial charge in [0, 0.05) is 46.4 Å². The first-order chi connectivity index (χ1) is 22.8. The van der Waals surface area contributed by atoms with Crippen LogP contribution in [0.3, 0.4) is 0 Å². The van der Waals surface area contributed by atoms with Crippen LogP contribution in [0.2, 0.25) is 0 Å². The summed E-state index contributed by atoms with van der Waals surface area (Å²) in [5.41, 5.74) is 8.32. The van der Waals surface area contributed by atoms with Gasteiger partial charge >= 0.3 is 6.03 Å². The van der Waals surface area contributed by atoms with Gasteiger partial charge < -0.3 is 30.6 Å². The van der Waals surface area contributed by atoms with Gasteiger partial charge in [-0.25, -0.2) is 14.5 Å². The van der Waals surface area contributed by atoms with Crippen LogP contribution in [0, 0.1) is 6.92 Å². The molecule has 3 amide bonds. The summed E-state index contributed by atoms with van der Waals surface area (Å²) in [6.07, 6.45) is 1.54. The largest absolute Gasteiger partial charge is 0.497 e. The molecule has 6 rings (SSSR count). The van der Waals surface area contributed by atoms with E-state index >= 15 is 0 Å². The molecule has 13 heteroatoms. The molecule has 0 spiro atoms. The number of benzene rings is 4. The number of hydrogen-bond acceptors (Lipinski definition) is 9. The Bertz CT molecular complexity index is 2100. The molecule has 47 heavy (non-hydrogen) atoms. The van der Waals surface area contributed by atoms with Crippen molar-refractivity contribution in [3.63, 3.8) is 0 Å². The van der Waals surface area contributed by atoms with Crippen molar-refractivity contribution in [2.75, 3.05) is 30.2 Å². The number of hydrogen-bond donors (Lipinski definition) is 4. The molecule has 2 heterocycles. The number of fused-ring (bicyclic) bond motifs is 1. The molecule has 13 nitrogen and oxygen atoms in total. The summed E-state index contributed by atoms with van der Waals surface area (Å²) in [7, 11) is 3.10. The van der Waals surface area contributed by atoms with E-state index in [2.05, 4.69) is 31.0 Å². The van der Waals surface area contributed by atoms with Gasteiger partial charge in [-0.2, -0.15) is 10.1 Å². The van der Waals surface area contributed by atoms with Gasteiger partial charge in [0.05, 0.1) is 31.3 Å². The Morgan fingerprint density at radius 3 is 2.34 bits per heavy atom. The van der Waals surface area contributed by atoms with E-state index in [1.807, 2.05) is 55.5 Å². The van der Waals surface area contributed by atoms with E-state index in [1.165, 1.54) is 7.11 Å². The summed E-state index contributed by atoms with van der Waals surface area (Å²) >= 11 is 0. The average molecular weight is 631 g/mol. The van der Waals surface area contributed by atoms with Gasteiger partial charge in [-0.3, -0.25) is 10.1 Å². The van der Waals surface area contributed by atoms with Crippen molar-refractivity contribution in [1.82, 2.24) is 19.7 Å². The Kier molecular flexibility index (Phi) is 8.51. The first kappa shape index (κ1) is 30.4. The molecule has 0 aliphatic carbocycles. The summed E-state index contributed by atoms with van der Waals surface area (Å²) in [5, 5.41) is 14.9. The van der Waals surface area contributed by atoms with Crippen LogP contribution in [0.15, 0.2) is 97.2 Å². The maximum Gasteiger partial charge on any atom is 0.324 e. The van der Waals surface area contributed by atoms with Gasteiger partial charge in [-0.15, -0.1) is 0 Å². The van der Waals surface area contributed by atoms with E-state index in [0.29, 0.717) is 28.7 Å². The summed E-state index contributed by atoms with van der Waals surface area (Å²) in [6, 6.07) is 26.2. The zero-order valence-corrected chi connectivity index (χ0v) is 25.6. The molecule has 236 valence electrons. The maximum atomic E-state index is 13.2. The Balaban J connectivity index is 1.20. The number of nitrogens with one attached hydrogen (secondary N) is 3. The van der Waals surface area contributed by atoms with Crippen LogP contribution < -0.4 is 35.9 Å². The second kappa shape index (κ2) is 13.2. The van der Waals surface area contributed by atoms with Gasteiger partial charge in [0.1, 0.15) is 23.1 Å². The Morgan fingerprint density at radius 1 is 0.830 bits per heavy atom. The number of anilines is 4. The number of amides is 3. The number of ether oxygens (including phenoxy) is 3. The van der Waals surface area contributed by atoms with Crippen LogP contribution >= 0.6 is 0 Å². The van der Waals surface area contributed by atoms with Gasteiger partial charge in [-0.1, -0.05) is 24.3 Å². The van der Waals surface area contributed by atoms with Crippen LogP contribution in [0.4, 0.5) is 27.9 Å². The first-order valence-corrected chi connectivity index (χ1v) is 14.4. The third-order valence-corrected chi connectivity index (χ3v) is 7.05. The summed E-state index contributed by atoms with van der Waals surface area (Å²) in [4.78, 5) is 33.7. The molecule has 2 aromatic heterocycles. The average Bonchev–Trinajstić information content (AvgIpc) is 3.45. The number of primary amides is 1. The summed E-state index contributed by atoms with van der Waals surface area (Å²) in [6.45, 7) is 1.85. The van der Waals surface area contributed by atoms with E-state index < -0.39 is 11.9 Å². The maximum absolute atomic E-state index is 13.2. The molecule has 0 unspecified atom stereocenters. The minimum Gasteiger partial charge on any atom is -0.497 e. The topological polar surface area (TPSA) is 168 Å². The predicted octanol–water partition coefficient (Wildman–Crippen LogP) is 6.42. The number of carbonyl (C=O) groups is 2. The second-order valence-electron chi connectivity index (χ2n) is 10.3. The molecule has 0 saturated heterocycles. The normalized spacial score (nSPS) is 10.7. The molecule has 4 aromatic carbocycles. The third-order valence-electron chi connectivity index (χ3n) is 7.05. The number of rotatable bonds is 10. The number of aromatic nitrogens is 4. The van der Waals surface area contributed by atoms with Crippen molar-refractivity contribution < 1.29 is 23.8 Å². The first-order valence-electron chi connectivity index (χ1n) is 14.4. The highest BCUT2D eigenvalue weighted by Crippen LogP contribution is 2.34. The van der Waals surface area contributed by atoms with E-state index in [-0.39, 0.29) is 17.4 Å². The van der Waals surface area contributed by atoms with Gasteiger partial charge in [0.15, 0.2) is 0 Å². The lowest BCUT2D eigenvalue weighted by Gasteiger charge is -2.14. The number of urea groups is 1. The van der Waals surface area contributed by atoms with Gasteiger partial charge in [0.25, 0.3) is 0 Å². The molecule has 0 atom stereocenters. The zero-order chi connectivity index (χ0) is 32.9. The molecular weight excluding hydrogens is 600 g/mol.